The molecule has 0 unspecified atom stereocenters. The van der Waals surface area contributed by atoms with Gasteiger partial charge in [0.1, 0.15) is 6.10 Å². The molecule has 2 heteroatoms. The van der Waals surface area contributed by atoms with E-state index in [9.17, 15) is 0 Å². The molecule has 0 aromatic heterocycles. The monoisotopic (exact) mass is 187 g/mol. The van der Waals surface area contributed by atoms with Gasteiger partial charge < -0.3 is 0 Å². The minimum Gasteiger partial charge on any atom is -0.265 e. The molecule has 1 aromatic carbocycles. The third-order valence-corrected chi connectivity index (χ3v) is 2.86. The summed E-state index contributed by atoms with van der Waals surface area (Å²) in [6.07, 6.45) is 7.08. The highest BCUT2D eigenvalue weighted by Crippen LogP contribution is 2.31. The number of para-hydroxylation sites is 1. The molecule has 2 aliphatic heterocycles. The van der Waals surface area contributed by atoms with E-state index in [-0.39, 0.29) is 0 Å². The molecular weight excluding hydrogens is 174 g/mol. The van der Waals surface area contributed by atoms with Crippen LogP contribution in [-0.2, 0) is 4.84 Å². The Morgan fingerprint density at radius 2 is 1.93 bits per heavy atom. The summed E-state index contributed by atoms with van der Waals surface area (Å²) in [6.45, 7) is 0. The Kier molecular flexibility index (Phi) is 1.81. The molecule has 1 aromatic rings. The van der Waals surface area contributed by atoms with Gasteiger partial charge in [-0.1, -0.05) is 30.4 Å². The summed E-state index contributed by atoms with van der Waals surface area (Å²) in [6, 6.07) is 10.7. The van der Waals surface area contributed by atoms with E-state index in [1.807, 2.05) is 23.3 Å². The van der Waals surface area contributed by atoms with Crippen LogP contribution in [-0.4, -0.2) is 12.1 Å². The van der Waals surface area contributed by atoms with E-state index in [0.29, 0.717) is 12.1 Å². The summed E-state index contributed by atoms with van der Waals surface area (Å²) in [5, 5.41) is 2.04. The van der Waals surface area contributed by atoms with Gasteiger partial charge in [-0.25, -0.2) is 5.06 Å². The molecule has 4 rings (SSSR count). The highest BCUT2D eigenvalue weighted by molar-refractivity contribution is 5.46. The van der Waals surface area contributed by atoms with Crippen molar-refractivity contribution < 1.29 is 4.84 Å². The lowest BCUT2D eigenvalue weighted by atomic mass is 9.98. The van der Waals surface area contributed by atoms with Crippen molar-refractivity contribution in [2.45, 2.75) is 25.0 Å². The summed E-state index contributed by atoms with van der Waals surface area (Å²) >= 11 is 0. The third kappa shape index (κ3) is 1.23. The fraction of sp³-hybridized carbons (Fsp3) is 0.333. The normalized spacial score (nSPS) is 29.6. The van der Waals surface area contributed by atoms with Crippen molar-refractivity contribution in [1.29, 1.82) is 0 Å². The topological polar surface area (TPSA) is 12.5 Å². The van der Waals surface area contributed by atoms with Crippen LogP contribution >= 0.6 is 0 Å². The molecule has 72 valence electrons. The van der Waals surface area contributed by atoms with Gasteiger partial charge in [-0.05, 0) is 25.0 Å². The molecule has 0 saturated carbocycles. The average Bonchev–Trinajstić information content (AvgIpc) is 2.32. The second kappa shape index (κ2) is 3.14. The molecule has 0 N–H and O–H groups in total. The predicted molar refractivity (Wildman–Crippen MR) is 56.0 cm³/mol. The van der Waals surface area contributed by atoms with Crippen molar-refractivity contribution in [3.63, 3.8) is 0 Å². The van der Waals surface area contributed by atoms with E-state index in [1.54, 1.807) is 0 Å². The van der Waals surface area contributed by atoms with Crippen molar-refractivity contribution in [2.24, 2.45) is 0 Å². The Morgan fingerprint density at radius 3 is 2.50 bits per heavy atom. The maximum atomic E-state index is 5.82. The lowest BCUT2D eigenvalue weighted by Gasteiger charge is -2.41. The Hall–Kier alpha value is -1.28. The molecule has 0 radical (unpaired) electrons. The number of hydrogen-bond acceptors (Lipinski definition) is 2. The number of hydroxylamine groups is 1. The second-order valence-corrected chi connectivity index (χ2v) is 3.83. The van der Waals surface area contributed by atoms with Gasteiger partial charge in [0.25, 0.3) is 0 Å². The fourth-order valence-electron chi connectivity index (χ4n) is 2.11. The zero-order valence-electron chi connectivity index (χ0n) is 7.97. The van der Waals surface area contributed by atoms with Gasteiger partial charge in [0.05, 0.1) is 11.7 Å². The van der Waals surface area contributed by atoms with Crippen molar-refractivity contribution >= 4 is 5.69 Å². The Balaban J connectivity index is 1.91. The maximum absolute atomic E-state index is 5.82. The van der Waals surface area contributed by atoms with Gasteiger partial charge in [-0.3, -0.25) is 4.84 Å². The van der Waals surface area contributed by atoms with Crippen molar-refractivity contribution in [2.75, 3.05) is 5.06 Å². The number of benzene rings is 1. The molecule has 2 nitrogen and oxygen atoms in total. The van der Waals surface area contributed by atoms with E-state index in [4.69, 9.17) is 4.84 Å². The third-order valence-electron chi connectivity index (χ3n) is 2.86. The van der Waals surface area contributed by atoms with Crippen LogP contribution in [0.5, 0.6) is 0 Å². The van der Waals surface area contributed by atoms with Crippen LogP contribution in [0.1, 0.15) is 12.8 Å². The van der Waals surface area contributed by atoms with E-state index in [1.165, 1.54) is 6.42 Å². The lowest BCUT2D eigenvalue weighted by molar-refractivity contribution is 0.00353. The zero-order valence-corrected chi connectivity index (χ0v) is 7.97. The molecule has 1 aliphatic carbocycles. The number of fused-ring (bicyclic) bond motifs is 2. The first kappa shape index (κ1) is 8.06. The molecule has 14 heavy (non-hydrogen) atoms. The summed E-state index contributed by atoms with van der Waals surface area (Å²) in [4.78, 5) is 5.82. The fourth-order valence-corrected chi connectivity index (χ4v) is 2.11. The molecular formula is C12H13NO. The molecule has 2 bridgehead atoms. The molecule has 2 heterocycles. The average molecular weight is 187 g/mol. The van der Waals surface area contributed by atoms with Gasteiger partial charge in [-0.15, -0.1) is 0 Å². The Bertz CT molecular complexity index is 347. The summed E-state index contributed by atoms with van der Waals surface area (Å²) in [7, 11) is 0. The molecule has 0 spiro atoms. The van der Waals surface area contributed by atoms with Gasteiger partial charge in [0.15, 0.2) is 0 Å². The second-order valence-electron chi connectivity index (χ2n) is 3.83. The van der Waals surface area contributed by atoms with E-state index >= 15 is 0 Å². The Morgan fingerprint density at radius 1 is 1.07 bits per heavy atom. The van der Waals surface area contributed by atoms with Crippen LogP contribution in [0.2, 0.25) is 0 Å². The predicted octanol–water partition coefficient (Wildman–Crippen LogP) is 2.53. The highest BCUT2D eigenvalue weighted by Gasteiger charge is 2.30. The van der Waals surface area contributed by atoms with Gasteiger partial charge in [0, 0.05) is 0 Å². The van der Waals surface area contributed by atoms with Gasteiger partial charge >= 0.3 is 0 Å². The number of anilines is 1. The van der Waals surface area contributed by atoms with E-state index in [2.05, 4.69) is 24.3 Å². The van der Waals surface area contributed by atoms with Crippen molar-refractivity contribution in [1.82, 2.24) is 0 Å². The molecule has 1 fully saturated rings. The lowest BCUT2D eigenvalue weighted by Crippen LogP contribution is -2.45. The van der Waals surface area contributed by atoms with Crippen LogP contribution in [0.25, 0.3) is 0 Å². The maximum Gasteiger partial charge on any atom is 0.104 e. The number of rotatable bonds is 1. The largest absolute Gasteiger partial charge is 0.265 e. The summed E-state index contributed by atoms with van der Waals surface area (Å²) in [5.74, 6) is 0. The Labute approximate surface area is 83.7 Å². The standard InChI is InChI=1S/C12H13NO/c1-2-4-10(5-3-1)13-11-6-8-12(14-13)9-7-11/h1-6,8,11-12H,7,9H2/t11-,12-/m0/s1. The quantitative estimate of drug-likeness (QED) is 0.626. The van der Waals surface area contributed by atoms with Crippen LogP contribution in [0, 0.1) is 0 Å². The van der Waals surface area contributed by atoms with E-state index < -0.39 is 0 Å². The van der Waals surface area contributed by atoms with Crippen LogP contribution in [0.3, 0.4) is 0 Å². The molecule has 1 saturated heterocycles. The van der Waals surface area contributed by atoms with Crippen molar-refractivity contribution in [3.8, 4) is 0 Å². The first-order valence-electron chi connectivity index (χ1n) is 5.13. The summed E-state index contributed by atoms with van der Waals surface area (Å²) in [5.41, 5.74) is 1.16. The zero-order chi connectivity index (χ0) is 9.38. The first-order chi connectivity index (χ1) is 6.93. The van der Waals surface area contributed by atoms with Crippen LogP contribution in [0.4, 0.5) is 5.69 Å². The minimum atomic E-state index is 0.292. The highest BCUT2D eigenvalue weighted by atomic mass is 16.7. The minimum absolute atomic E-state index is 0.292. The summed E-state index contributed by atoms with van der Waals surface area (Å²) < 4.78 is 0. The number of nitrogens with zero attached hydrogens (tertiary/aromatic N) is 1. The first-order valence-corrected chi connectivity index (χ1v) is 5.13. The van der Waals surface area contributed by atoms with Crippen LogP contribution in [0.15, 0.2) is 42.5 Å². The SMILES string of the molecule is C1=C[C@H]2CC[C@H]1ON2c1ccccc1. The van der Waals surface area contributed by atoms with Crippen LogP contribution < -0.4 is 5.06 Å². The van der Waals surface area contributed by atoms with Crippen molar-refractivity contribution in [3.05, 3.63) is 42.5 Å². The molecule has 0 amide bonds. The molecule has 3 aliphatic rings. The number of hydrogen-bond donors (Lipinski definition) is 0. The smallest absolute Gasteiger partial charge is 0.104 e. The van der Waals surface area contributed by atoms with Gasteiger partial charge in [-0.2, -0.15) is 0 Å². The van der Waals surface area contributed by atoms with Gasteiger partial charge in [0.2, 0.25) is 0 Å². The molecule has 2 atom stereocenters. The van der Waals surface area contributed by atoms with E-state index in [0.717, 1.165) is 12.1 Å².